The highest BCUT2D eigenvalue weighted by Crippen LogP contribution is 2.23. The van der Waals surface area contributed by atoms with Crippen LogP contribution in [0.5, 0.6) is 0 Å². The Morgan fingerprint density at radius 2 is 2.26 bits per heavy atom. The number of nitrogens with two attached hydrogens (primary N) is 1. The molecule has 0 radical (unpaired) electrons. The summed E-state index contributed by atoms with van der Waals surface area (Å²) in [6.45, 7) is 1.18. The highest BCUT2D eigenvalue weighted by atomic mass is 32.2. The maximum absolute atomic E-state index is 12.4. The molecule has 1 aromatic rings. The molecule has 0 aromatic carbocycles. The zero-order valence-corrected chi connectivity index (χ0v) is 11.5. The van der Waals surface area contributed by atoms with Gasteiger partial charge in [-0.25, -0.2) is 8.42 Å². The Hall–Kier alpha value is -1.02. The Bertz CT molecular complexity index is 516. The normalized spacial score (nSPS) is 21.5. The van der Waals surface area contributed by atoms with E-state index >= 15 is 0 Å². The molecule has 0 spiro atoms. The van der Waals surface area contributed by atoms with Gasteiger partial charge in [0.1, 0.15) is 4.90 Å². The van der Waals surface area contributed by atoms with Crippen LogP contribution in [0.2, 0.25) is 0 Å². The number of aliphatic hydroxyl groups excluding tert-OH is 1. The summed E-state index contributed by atoms with van der Waals surface area (Å²) in [7, 11) is -3.51. The molecule has 7 heteroatoms. The van der Waals surface area contributed by atoms with Crippen molar-refractivity contribution >= 4 is 10.0 Å². The SMILES string of the molecule is NCc1ccc(S(=O)(=O)N2CCCC(CO)C2)cn1. The molecule has 19 heavy (non-hydrogen) atoms. The van der Waals surface area contributed by atoms with Crippen molar-refractivity contribution in [2.45, 2.75) is 24.3 Å². The lowest BCUT2D eigenvalue weighted by Crippen LogP contribution is -2.40. The second kappa shape index (κ2) is 5.96. The van der Waals surface area contributed by atoms with E-state index in [-0.39, 0.29) is 24.0 Å². The molecule has 1 atom stereocenters. The van der Waals surface area contributed by atoms with Gasteiger partial charge >= 0.3 is 0 Å². The molecule has 2 rings (SSSR count). The van der Waals surface area contributed by atoms with Crippen LogP contribution in [0, 0.1) is 5.92 Å². The second-order valence-electron chi connectivity index (χ2n) is 4.74. The van der Waals surface area contributed by atoms with E-state index in [1.165, 1.54) is 16.6 Å². The quantitative estimate of drug-likeness (QED) is 0.807. The third-order valence-electron chi connectivity index (χ3n) is 3.38. The molecule has 0 saturated carbocycles. The lowest BCUT2D eigenvalue weighted by Gasteiger charge is -2.30. The predicted octanol–water partition coefficient (Wildman–Crippen LogP) is -0.0667. The topological polar surface area (TPSA) is 96.5 Å². The monoisotopic (exact) mass is 285 g/mol. The second-order valence-corrected chi connectivity index (χ2v) is 6.68. The number of sulfonamides is 1. The minimum absolute atomic E-state index is 0.0242. The Morgan fingerprint density at radius 3 is 2.84 bits per heavy atom. The maximum atomic E-state index is 12.4. The van der Waals surface area contributed by atoms with E-state index < -0.39 is 10.0 Å². The molecule has 0 aliphatic carbocycles. The fraction of sp³-hybridized carbons (Fsp3) is 0.583. The number of piperidine rings is 1. The molecule has 1 fully saturated rings. The summed E-state index contributed by atoms with van der Waals surface area (Å²) in [6.07, 6.45) is 2.99. The Morgan fingerprint density at radius 1 is 1.47 bits per heavy atom. The smallest absolute Gasteiger partial charge is 0.244 e. The molecule has 1 saturated heterocycles. The Kier molecular flexibility index (Phi) is 4.51. The van der Waals surface area contributed by atoms with Gasteiger partial charge in [0.25, 0.3) is 0 Å². The van der Waals surface area contributed by atoms with Gasteiger partial charge in [-0.1, -0.05) is 0 Å². The Labute approximate surface area is 113 Å². The maximum Gasteiger partial charge on any atom is 0.244 e. The third kappa shape index (κ3) is 3.11. The van der Waals surface area contributed by atoms with Gasteiger partial charge in [0.15, 0.2) is 0 Å². The molecule has 2 heterocycles. The van der Waals surface area contributed by atoms with Crippen LogP contribution in [0.4, 0.5) is 0 Å². The van der Waals surface area contributed by atoms with Gasteiger partial charge in [-0.2, -0.15) is 4.31 Å². The van der Waals surface area contributed by atoms with Gasteiger partial charge in [0, 0.05) is 32.4 Å². The van der Waals surface area contributed by atoms with Crippen molar-refractivity contribution in [3.63, 3.8) is 0 Å². The average molecular weight is 285 g/mol. The summed E-state index contributed by atoms with van der Waals surface area (Å²) in [4.78, 5) is 4.20. The minimum atomic E-state index is -3.51. The van der Waals surface area contributed by atoms with Crippen LogP contribution in [-0.2, 0) is 16.6 Å². The lowest BCUT2D eigenvalue weighted by molar-refractivity contribution is 0.165. The Balaban J connectivity index is 2.20. The molecule has 3 N–H and O–H groups in total. The first-order chi connectivity index (χ1) is 9.07. The van der Waals surface area contributed by atoms with Crippen LogP contribution >= 0.6 is 0 Å². The van der Waals surface area contributed by atoms with E-state index in [2.05, 4.69) is 4.98 Å². The highest BCUT2D eigenvalue weighted by Gasteiger charge is 2.30. The summed E-state index contributed by atoms with van der Waals surface area (Å²) in [5.41, 5.74) is 6.10. The van der Waals surface area contributed by atoms with Crippen LogP contribution in [0.25, 0.3) is 0 Å². The highest BCUT2D eigenvalue weighted by molar-refractivity contribution is 7.89. The van der Waals surface area contributed by atoms with E-state index in [1.54, 1.807) is 6.07 Å². The summed E-state index contributed by atoms with van der Waals surface area (Å²) in [5.74, 6) is 0.0276. The lowest BCUT2D eigenvalue weighted by atomic mass is 10.0. The fourth-order valence-corrected chi connectivity index (χ4v) is 3.73. The van der Waals surface area contributed by atoms with E-state index in [0.29, 0.717) is 18.8 Å². The van der Waals surface area contributed by atoms with Crippen molar-refractivity contribution in [2.24, 2.45) is 11.7 Å². The number of aliphatic hydroxyl groups is 1. The van der Waals surface area contributed by atoms with Gasteiger partial charge in [0.05, 0.1) is 5.69 Å². The van der Waals surface area contributed by atoms with Crippen molar-refractivity contribution in [3.8, 4) is 0 Å². The molecule has 0 bridgehead atoms. The van der Waals surface area contributed by atoms with Gasteiger partial charge in [0.2, 0.25) is 10.0 Å². The minimum Gasteiger partial charge on any atom is -0.396 e. The van der Waals surface area contributed by atoms with Crippen molar-refractivity contribution in [3.05, 3.63) is 24.0 Å². The summed E-state index contributed by atoms with van der Waals surface area (Å²) < 4.78 is 26.3. The number of pyridine rings is 1. The largest absolute Gasteiger partial charge is 0.396 e. The molecule has 1 aliphatic heterocycles. The molecule has 1 aliphatic rings. The molecule has 0 amide bonds. The van der Waals surface area contributed by atoms with Gasteiger partial charge in [-0.05, 0) is 30.9 Å². The van der Waals surface area contributed by atoms with Crippen molar-refractivity contribution in [2.75, 3.05) is 19.7 Å². The summed E-state index contributed by atoms with van der Waals surface area (Å²) in [6, 6.07) is 3.16. The van der Waals surface area contributed by atoms with Crippen molar-refractivity contribution in [1.29, 1.82) is 0 Å². The number of nitrogens with zero attached hydrogens (tertiary/aromatic N) is 2. The van der Waals surface area contributed by atoms with Crippen LogP contribution < -0.4 is 5.73 Å². The molecular formula is C12H19N3O3S. The summed E-state index contributed by atoms with van der Waals surface area (Å²) >= 11 is 0. The van der Waals surface area contributed by atoms with Crippen LogP contribution in [0.1, 0.15) is 18.5 Å². The average Bonchev–Trinajstić information content (AvgIpc) is 2.47. The molecular weight excluding hydrogens is 266 g/mol. The molecule has 106 valence electrons. The predicted molar refractivity (Wildman–Crippen MR) is 70.7 cm³/mol. The summed E-state index contributed by atoms with van der Waals surface area (Å²) in [5, 5.41) is 9.17. The van der Waals surface area contributed by atoms with E-state index in [1.807, 2.05) is 0 Å². The number of hydrogen-bond donors (Lipinski definition) is 2. The molecule has 1 aromatic heterocycles. The van der Waals surface area contributed by atoms with E-state index in [9.17, 15) is 8.42 Å². The van der Waals surface area contributed by atoms with Gasteiger partial charge in [-0.15, -0.1) is 0 Å². The fourth-order valence-electron chi connectivity index (χ4n) is 2.23. The first kappa shape index (κ1) is 14.4. The van der Waals surface area contributed by atoms with Gasteiger partial charge in [-0.3, -0.25) is 4.98 Å². The van der Waals surface area contributed by atoms with E-state index in [0.717, 1.165) is 12.8 Å². The van der Waals surface area contributed by atoms with Gasteiger partial charge < -0.3 is 10.8 Å². The first-order valence-corrected chi connectivity index (χ1v) is 7.78. The van der Waals surface area contributed by atoms with E-state index in [4.69, 9.17) is 10.8 Å². The third-order valence-corrected chi connectivity index (χ3v) is 5.23. The number of hydrogen-bond acceptors (Lipinski definition) is 5. The zero-order valence-electron chi connectivity index (χ0n) is 10.7. The molecule has 1 unspecified atom stereocenters. The van der Waals surface area contributed by atoms with Crippen LogP contribution in [0.3, 0.4) is 0 Å². The first-order valence-electron chi connectivity index (χ1n) is 6.34. The van der Waals surface area contributed by atoms with Crippen LogP contribution in [-0.4, -0.2) is 42.5 Å². The number of rotatable bonds is 4. The molecule has 6 nitrogen and oxygen atoms in total. The standard InChI is InChI=1S/C12H19N3O3S/c13-6-11-3-4-12(7-14-11)19(17,18)15-5-1-2-10(8-15)9-16/h3-4,7,10,16H,1-2,5-6,8-9,13H2. The van der Waals surface area contributed by atoms with Crippen molar-refractivity contribution in [1.82, 2.24) is 9.29 Å². The zero-order chi connectivity index (χ0) is 13.9. The van der Waals surface area contributed by atoms with Crippen LogP contribution in [0.15, 0.2) is 23.2 Å². The number of aromatic nitrogens is 1. The van der Waals surface area contributed by atoms with Crippen molar-refractivity contribution < 1.29 is 13.5 Å².